The normalized spacial score (nSPS) is 32.0. The molecule has 0 saturated carbocycles. The third kappa shape index (κ3) is 1.37. The van der Waals surface area contributed by atoms with Crippen LogP contribution in [0.4, 0.5) is 15.8 Å². The van der Waals surface area contributed by atoms with Gasteiger partial charge in [0.2, 0.25) is 0 Å². The highest BCUT2D eigenvalue weighted by molar-refractivity contribution is 5.71. The van der Waals surface area contributed by atoms with Crippen LogP contribution in [0.5, 0.6) is 0 Å². The van der Waals surface area contributed by atoms with Crippen LogP contribution < -0.4 is 10.6 Å². The van der Waals surface area contributed by atoms with Gasteiger partial charge in [-0.25, -0.2) is 4.39 Å². The number of rotatable bonds is 0. The van der Waals surface area contributed by atoms with Crippen molar-refractivity contribution in [1.29, 1.82) is 0 Å². The average Bonchev–Trinajstić information content (AvgIpc) is 2.53. The van der Waals surface area contributed by atoms with Gasteiger partial charge in [-0.15, -0.1) is 0 Å². The molecule has 16 heavy (non-hydrogen) atoms. The molecule has 2 N–H and O–H groups in total. The van der Waals surface area contributed by atoms with Crippen LogP contribution in [-0.2, 0) is 4.74 Å². The van der Waals surface area contributed by atoms with E-state index in [2.05, 4.69) is 17.6 Å². The number of hydrogen-bond acceptors (Lipinski definition) is 3. The third-order valence-corrected chi connectivity index (χ3v) is 3.57. The Morgan fingerprint density at radius 3 is 3.25 bits per heavy atom. The molecule has 2 unspecified atom stereocenters. The second-order valence-corrected chi connectivity index (χ2v) is 4.88. The standard InChI is InChI=1S/C12H15FN2O/c1-12-6-14-11-8(13)3-2-4-9(11)15-10(12)5-16-7-12/h2-4,10,14-15H,5-7H2,1H3. The van der Waals surface area contributed by atoms with E-state index in [1.807, 2.05) is 6.07 Å². The number of fused-ring (bicyclic) bond motifs is 2. The molecule has 3 rings (SSSR count). The van der Waals surface area contributed by atoms with Crippen LogP contribution in [0.1, 0.15) is 6.92 Å². The zero-order valence-corrected chi connectivity index (χ0v) is 9.22. The van der Waals surface area contributed by atoms with Crippen molar-refractivity contribution in [3.05, 3.63) is 24.0 Å². The summed E-state index contributed by atoms with van der Waals surface area (Å²) in [6, 6.07) is 5.35. The van der Waals surface area contributed by atoms with E-state index in [1.54, 1.807) is 6.07 Å². The second-order valence-electron chi connectivity index (χ2n) is 4.88. The maximum atomic E-state index is 13.6. The minimum atomic E-state index is -0.200. The van der Waals surface area contributed by atoms with Crippen molar-refractivity contribution < 1.29 is 9.13 Å². The summed E-state index contributed by atoms with van der Waals surface area (Å²) < 4.78 is 19.1. The predicted molar refractivity (Wildman–Crippen MR) is 61.2 cm³/mol. The molecule has 3 nitrogen and oxygen atoms in total. The van der Waals surface area contributed by atoms with Crippen LogP contribution in [0, 0.1) is 11.2 Å². The van der Waals surface area contributed by atoms with Gasteiger partial charge in [0.15, 0.2) is 0 Å². The molecule has 2 atom stereocenters. The van der Waals surface area contributed by atoms with Crippen LogP contribution >= 0.6 is 0 Å². The molecule has 0 aromatic heterocycles. The highest BCUT2D eigenvalue weighted by Crippen LogP contribution is 2.37. The number of anilines is 2. The molecule has 0 aliphatic carbocycles. The molecular formula is C12H15FN2O. The van der Waals surface area contributed by atoms with Crippen LogP contribution in [0.2, 0.25) is 0 Å². The van der Waals surface area contributed by atoms with Crippen LogP contribution in [0.25, 0.3) is 0 Å². The quantitative estimate of drug-likeness (QED) is 0.705. The summed E-state index contributed by atoms with van der Waals surface area (Å²) in [6.07, 6.45) is 0. The summed E-state index contributed by atoms with van der Waals surface area (Å²) in [5.41, 5.74) is 1.45. The minimum absolute atomic E-state index is 0.0332. The average molecular weight is 222 g/mol. The van der Waals surface area contributed by atoms with Gasteiger partial charge in [-0.05, 0) is 12.1 Å². The first-order chi connectivity index (χ1) is 7.69. The number of benzene rings is 1. The van der Waals surface area contributed by atoms with E-state index in [9.17, 15) is 4.39 Å². The molecule has 2 aliphatic rings. The predicted octanol–water partition coefficient (Wildman–Crippen LogP) is 2.07. The van der Waals surface area contributed by atoms with Gasteiger partial charge in [0.25, 0.3) is 0 Å². The lowest BCUT2D eigenvalue weighted by Gasteiger charge is -2.27. The zero-order valence-electron chi connectivity index (χ0n) is 9.22. The lowest BCUT2D eigenvalue weighted by atomic mass is 9.85. The summed E-state index contributed by atoms with van der Waals surface area (Å²) in [6.45, 7) is 4.30. The van der Waals surface area contributed by atoms with Gasteiger partial charge >= 0.3 is 0 Å². The smallest absolute Gasteiger partial charge is 0.148 e. The van der Waals surface area contributed by atoms with Gasteiger partial charge in [-0.2, -0.15) is 0 Å². The zero-order chi connectivity index (χ0) is 11.2. The molecule has 2 aliphatic heterocycles. The highest BCUT2D eigenvalue weighted by Gasteiger charge is 2.42. The Morgan fingerprint density at radius 2 is 2.38 bits per heavy atom. The van der Waals surface area contributed by atoms with Crippen molar-refractivity contribution in [1.82, 2.24) is 0 Å². The summed E-state index contributed by atoms with van der Waals surface area (Å²) in [5.74, 6) is -0.200. The Morgan fingerprint density at radius 1 is 1.50 bits per heavy atom. The van der Waals surface area contributed by atoms with Crippen LogP contribution in [-0.4, -0.2) is 25.8 Å². The van der Waals surface area contributed by atoms with E-state index in [-0.39, 0.29) is 17.3 Å². The van der Waals surface area contributed by atoms with Gasteiger partial charge in [-0.1, -0.05) is 13.0 Å². The number of ether oxygens (including phenoxy) is 1. The van der Waals surface area contributed by atoms with E-state index < -0.39 is 0 Å². The van der Waals surface area contributed by atoms with E-state index >= 15 is 0 Å². The first-order valence-electron chi connectivity index (χ1n) is 5.56. The van der Waals surface area contributed by atoms with Crippen LogP contribution in [0.3, 0.4) is 0 Å². The minimum Gasteiger partial charge on any atom is -0.380 e. The maximum Gasteiger partial charge on any atom is 0.148 e. The van der Waals surface area contributed by atoms with Crippen molar-refractivity contribution in [2.45, 2.75) is 13.0 Å². The molecule has 0 bridgehead atoms. The number of nitrogens with one attached hydrogen (secondary N) is 2. The van der Waals surface area contributed by atoms with Gasteiger partial charge in [0.05, 0.1) is 30.6 Å². The Labute approximate surface area is 94.0 Å². The van der Waals surface area contributed by atoms with Gasteiger partial charge in [0, 0.05) is 12.0 Å². The molecule has 1 saturated heterocycles. The Balaban J connectivity index is 2.00. The Bertz CT molecular complexity index is 423. The monoisotopic (exact) mass is 222 g/mol. The fraction of sp³-hybridized carbons (Fsp3) is 0.500. The molecule has 2 heterocycles. The maximum absolute atomic E-state index is 13.6. The molecule has 0 spiro atoms. The molecule has 1 fully saturated rings. The number of hydrogen-bond donors (Lipinski definition) is 2. The van der Waals surface area contributed by atoms with E-state index in [1.165, 1.54) is 6.07 Å². The molecule has 4 heteroatoms. The Hall–Kier alpha value is -1.29. The third-order valence-electron chi connectivity index (χ3n) is 3.57. The fourth-order valence-electron chi connectivity index (χ4n) is 2.40. The van der Waals surface area contributed by atoms with Crippen molar-refractivity contribution in [2.24, 2.45) is 5.41 Å². The molecule has 0 radical (unpaired) electrons. The molecule has 0 amide bonds. The second kappa shape index (κ2) is 3.35. The largest absolute Gasteiger partial charge is 0.380 e. The van der Waals surface area contributed by atoms with E-state index in [0.29, 0.717) is 18.9 Å². The van der Waals surface area contributed by atoms with E-state index in [0.717, 1.165) is 12.2 Å². The summed E-state index contributed by atoms with van der Waals surface area (Å²) in [5, 5.41) is 6.56. The van der Waals surface area contributed by atoms with Gasteiger partial charge in [0.1, 0.15) is 5.82 Å². The Kier molecular flexibility index (Phi) is 2.07. The molecule has 1 aromatic rings. The summed E-state index contributed by atoms with van der Waals surface area (Å²) >= 11 is 0. The fourth-order valence-corrected chi connectivity index (χ4v) is 2.40. The topological polar surface area (TPSA) is 33.3 Å². The highest BCUT2D eigenvalue weighted by atomic mass is 19.1. The number of para-hydroxylation sites is 1. The first-order valence-corrected chi connectivity index (χ1v) is 5.56. The van der Waals surface area contributed by atoms with Crippen molar-refractivity contribution >= 4 is 11.4 Å². The summed E-state index contributed by atoms with van der Waals surface area (Å²) in [4.78, 5) is 0. The molecule has 1 aromatic carbocycles. The SMILES string of the molecule is CC12CNc3c(F)cccc3NC1COC2. The number of halogens is 1. The summed E-state index contributed by atoms with van der Waals surface area (Å²) in [7, 11) is 0. The first kappa shape index (κ1) is 9.90. The lowest BCUT2D eigenvalue weighted by Crippen LogP contribution is -2.40. The molecule has 86 valence electrons. The van der Waals surface area contributed by atoms with Crippen LogP contribution in [0.15, 0.2) is 18.2 Å². The lowest BCUT2D eigenvalue weighted by molar-refractivity contribution is 0.164. The van der Waals surface area contributed by atoms with Gasteiger partial charge < -0.3 is 15.4 Å². The molecular weight excluding hydrogens is 207 g/mol. The van der Waals surface area contributed by atoms with Crippen molar-refractivity contribution in [3.63, 3.8) is 0 Å². The van der Waals surface area contributed by atoms with Crippen molar-refractivity contribution in [3.8, 4) is 0 Å². The van der Waals surface area contributed by atoms with Gasteiger partial charge in [-0.3, -0.25) is 0 Å². The van der Waals surface area contributed by atoms with Crippen molar-refractivity contribution in [2.75, 3.05) is 30.4 Å². The van der Waals surface area contributed by atoms with E-state index in [4.69, 9.17) is 4.74 Å².